The SMILES string of the molecule is CC(C)(C)OC(=O)Oc1ccc(S2=C3C=CC=CC3C(=O)c3ccccc32)cc1. The fourth-order valence-corrected chi connectivity index (χ4v) is 5.80. The number of hydrogen-bond donors (Lipinski definition) is 0. The number of carbonyl (C=O) groups excluding carboxylic acids is 2. The number of ether oxygens (including phenoxy) is 2. The number of carbonyl (C=O) groups is 2. The van der Waals surface area contributed by atoms with E-state index in [9.17, 15) is 9.59 Å². The van der Waals surface area contributed by atoms with Gasteiger partial charge in [-0.3, -0.25) is 4.79 Å². The third-order valence-electron chi connectivity index (χ3n) is 4.52. The van der Waals surface area contributed by atoms with Crippen LogP contribution in [0.25, 0.3) is 0 Å². The Labute approximate surface area is 172 Å². The van der Waals surface area contributed by atoms with Crippen LogP contribution in [0.1, 0.15) is 31.1 Å². The lowest BCUT2D eigenvalue weighted by atomic mass is 9.91. The summed E-state index contributed by atoms with van der Waals surface area (Å²) in [7, 11) is -0.371. The minimum Gasteiger partial charge on any atom is -0.428 e. The molecule has 2 atom stereocenters. The van der Waals surface area contributed by atoms with Crippen LogP contribution in [0, 0.1) is 5.92 Å². The predicted molar refractivity (Wildman–Crippen MR) is 115 cm³/mol. The van der Waals surface area contributed by atoms with Crippen molar-refractivity contribution in [2.45, 2.75) is 36.2 Å². The highest BCUT2D eigenvalue weighted by molar-refractivity contribution is 8.16. The molecule has 0 amide bonds. The molecule has 0 fully saturated rings. The van der Waals surface area contributed by atoms with Gasteiger partial charge < -0.3 is 9.47 Å². The van der Waals surface area contributed by atoms with Crippen molar-refractivity contribution in [3.63, 3.8) is 0 Å². The van der Waals surface area contributed by atoms with E-state index in [-0.39, 0.29) is 22.2 Å². The lowest BCUT2D eigenvalue weighted by Gasteiger charge is -2.28. The van der Waals surface area contributed by atoms with Crippen molar-refractivity contribution in [2.75, 3.05) is 0 Å². The molecule has 1 aliphatic carbocycles. The Morgan fingerprint density at radius 2 is 1.72 bits per heavy atom. The van der Waals surface area contributed by atoms with Gasteiger partial charge in [-0.15, -0.1) is 10.5 Å². The lowest BCUT2D eigenvalue weighted by Crippen LogP contribution is -2.27. The highest BCUT2D eigenvalue weighted by Gasteiger charge is 2.32. The Kier molecular flexibility index (Phi) is 5.01. The summed E-state index contributed by atoms with van der Waals surface area (Å²) in [6.07, 6.45) is 7.20. The molecule has 5 heteroatoms. The number of Topliss-reactive ketones (excluding diaryl/α,β-unsaturated/α-hetero) is 1. The summed E-state index contributed by atoms with van der Waals surface area (Å²) in [6.45, 7) is 5.38. The predicted octanol–water partition coefficient (Wildman–Crippen LogP) is 5.80. The van der Waals surface area contributed by atoms with Gasteiger partial charge in [0.1, 0.15) is 11.4 Å². The van der Waals surface area contributed by atoms with E-state index >= 15 is 0 Å². The van der Waals surface area contributed by atoms with Gasteiger partial charge in [-0.1, -0.05) is 42.5 Å². The van der Waals surface area contributed by atoms with Crippen molar-refractivity contribution < 1.29 is 19.1 Å². The highest BCUT2D eigenvalue weighted by atomic mass is 32.2. The van der Waals surface area contributed by atoms with Gasteiger partial charge in [0, 0.05) is 15.4 Å². The molecule has 2 aromatic rings. The maximum atomic E-state index is 12.9. The van der Waals surface area contributed by atoms with Crippen molar-refractivity contribution in [2.24, 2.45) is 5.92 Å². The van der Waals surface area contributed by atoms with E-state index < -0.39 is 11.8 Å². The molecule has 0 saturated carbocycles. The maximum Gasteiger partial charge on any atom is 0.514 e. The second kappa shape index (κ2) is 7.48. The summed E-state index contributed by atoms with van der Waals surface area (Å²) in [5, 5.41) is 0. The van der Waals surface area contributed by atoms with Crippen LogP contribution < -0.4 is 4.74 Å². The van der Waals surface area contributed by atoms with Gasteiger partial charge >= 0.3 is 6.16 Å². The quantitative estimate of drug-likeness (QED) is 0.359. The van der Waals surface area contributed by atoms with Gasteiger partial charge in [-0.05, 0) is 56.0 Å². The minimum absolute atomic E-state index is 0.143. The largest absolute Gasteiger partial charge is 0.514 e. The van der Waals surface area contributed by atoms with Crippen molar-refractivity contribution in [1.82, 2.24) is 0 Å². The standard InChI is InChI=1S/C24H22O4S/c1-24(2,3)28-23(26)27-16-12-14-17(15-13-16)29-20-10-6-4-8-18(20)22(25)19-9-5-7-11-21(19)29/h4-15,18H,1-3H3. The highest BCUT2D eigenvalue weighted by Crippen LogP contribution is 2.46. The van der Waals surface area contributed by atoms with Crippen molar-refractivity contribution in [3.8, 4) is 5.75 Å². The number of fused-ring (bicyclic) bond motifs is 2. The molecule has 2 unspecified atom stereocenters. The molecule has 0 radical (unpaired) electrons. The Hall–Kier alpha value is -2.92. The number of benzene rings is 2. The first kappa shape index (κ1) is 19.4. The molecule has 4 nitrogen and oxygen atoms in total. The number of rotatable bonds is 2. The Morgan fingerprint density at radius 3 is 2.45 bits per heavy atom. The second-order valence-electron chi connectivity index (χ2n) is 7.83. The first-order valence-electron chi connectivity index (χ1n) is 9.44. The molecule has 4 rings (SSSR count). The Bertz CT molecular complexity index is 1070. The first-order chi connectivity index (χ1) is 13.8. The van der Waals surface area contributed by atoms with E-state index in [2.05, 4.69) is 0 Å². The van der Waals surface area contributed by atoms with Crippen LogP contribution in [0.4, 0.5) is 4.79 Å². The van der Waals surface area contributed by atoms with Gasteiger partial charge in [0.2, 0.25) is 0 Å². The normalized spacial score (nSPS) is 20.1. The summed E-state index contributed by atoms with van der Waals surface area (Å²) in [5.41, 5.74) is 0.169. The average molecular weight is 407 g/mol. The molecule has 0 aromatic heterocycles. The topological polar surface area (TPSA) is 52.6 Å². The Morgan fingerprint density at radius 1 is 1.00 bits per heavy atom. The zero-order valence-corrected chi connectivity index (χ0v) is 17.4. The molecule has 29 heavy (non-hydrogen) atoms. The van der Waals surface area contributed by atoms with E-state index in [4.69, 9.17) is 9.47 Å². The van der Waals surface area contributed by atoms with E-state index in [0.717, 1.165) is 20.2 Å². The molecule has 148 valence electrons. The summed E-state index contributed by atoms with van der Waals surface area (Å²) >= 11 is 0. The molecular weight excluding hydrogens is 384 g/mol. The smallest absolute Gasteiger partial charge is 0.428 e. The average Bonchev–Trinajstić information content (AvgIpc) is 2.68. The van der Waals surface area contributed by atoms with Crippen LogP contribution in [-0.4, -0.2) is 22.4 Å². The summed E-state index contributed by atoms with van der Waals surface area (Å²) in [6, 6.07) is 15.2. The van der Waals surface area contributed by atoms with Crippen molar-refractivity contribution in [3.05, 3.63) is 78.4 Å². The van der Waals surface area contributed by atoms with E-state index in [1.807, 2.05) is 60.7 Å². The number of ketones is 1. The molecular formula is C24H22O4S. The summed E-state index contributed by atoms with van der Waals surface area (Å²) in [4.78, 5) is 28.0. The van der Waals surface area contributed by atoms with Gasteiger partial charge in [0.05, 0.1) is 5.92 Å². The first-order valence-corrected chi connectivity index (χ1v) is 10.7. The maximum absolute atomic E-state index is 12.9. The fraction of sp³-hybridized carbons (Fsp3) is 0.208. The van der Waals surface area contributed by atoms with Crippen LogP contribution in [-0.2, 0) is 4.74 Å². The van der Waals surface area contributed by atoms with E-state index in [0.29, 0.717) is 5.75 Å². The molecule has 2 aliphatic rings. The van der Waals surface area contributed by atoms with Crippen LogP contribution in [0.3, 0.4) is 0 Å². The third kappa shape index (κ3) is 3.96. The zero-order valence-electron chi connectivity index (χ0n) is 16.5. The summed E-state index contributed by atoms with van der Waals surface area (Å²) < 4.78 is 10.5. The van der Waals surface area contributed by atoms with Crippen LogP contribution >= 0.6 is 10.5 Å². The molecule has 1 heterocycles. The van der Waals surface area contributed by atoms with Crippen LogP contribution in [0.15, 0.2) is 82.6 Å². The van der Waals surface area contributed by atoms with Crippen LogP contribution in [0.2, 0.25) is 0 Å². The second-order valence-corrected chi connectivity index (χ2v) is 9.82. The molecule has 0 spiro atoms. The zero-order chi connectivity index (χ0) is 20.6. The van der Waals surface area contributed by atoms with Gasteiger partial charge in [-0.2, -0.15) is 0 Å². The third-order valence-corrected chi connectivity index (χ3v) is 6.92. The monoisotopic (exact) mass is 406 g/mol. The van der Waals surface area contributed by atoms with Crippen molar-refractivity contribution >= 4 is 27.3 Å². The Balaban J connectivity index is 1.70. The minimum atomic E-state index is -0.726. The fourth-order valence-electron chi connectivity index (χ4n) is 3.35. The van der Waals surface area contributed by atoms with Gasteiger partial charge in [-0.25, -0.2) is 4.79 Å². The number of hydrogen-bond acceptors (Lipinski definition) is 4. The van der Waals surface area contributed by atoms with E-state index in [1.54, 1.807) is 32.9 Å². The van der Waals surface area contributed by atoms with Crippen molar-refractivity contribution in [1.29, 1.82) is 0 Å². The van der Waals surface area contributed by atoms with Gasteiger partial charge in [0.15, 0.2) is 5.78 Å². The summed E-state index contributed by atoms with van der Waals surface area (Å²) in [5.74, 6) is 0.342. The molecule has 0 bridgehead atoms. The molecule has 0 N–H and O–H groups in total. The molecule has 1 aliphatic heterocycles. The van der Waals surface area contributed by atoms with E-state index in [1.165, 1.54) is 0 Å². The lowest BCUT2D eigenvalue weighted by molar-refractivity contribution is 0.0206. The van der Waals surface area contributed by atoms with Crippen LogP contribution in [0.5, 0.6) is 5.75 Å². The van der Waals surface area contributed by atoms with Gasteiger partial charge in [0.25, 0.3) is 0 Å². The number of allylic oxidation sites excluding steroid dienone is 4. The molecule has 2 aromatic carbocycles. The molecule has 0 saturated heterocycles.